The molecule has 122 valence electrons. The highest BCUT2D eigenvalue weighted by atomic mass is 35.5. The van der Waals surface area contributed by atoms with Crippen molar-refractivity contribution in [2.24, 2.45) is 0 Å². The summed E-state index contributed by atoms with van der Waals surface area (Å²) in [7, 11) is 0. The van der Waals surface area contributed by atoms with Gasteiger partial charge < -0.3 is 5.32 Å². The van der Waals surface area contributed by atoms with Crippen LogP contribution in [0.2, 0.25) is 5.15 Å². The smallest absolute Gasteiger partial charge is 0.306 e. The van der Waals surface area contributed by atoms with Crippen molar-refractivity contribution in [1.82, 2.24) is 9.97 Å². The molecule has 8 heteroatoms. The van der Waals surface area contributed by atoms with Crippen LogP contribution in [0.4, 0.5) is 19.0 Å². The molecule has 24 heavy (non-hydrogen) atoms. The van der Waals surface area contributed by atoms with Crippen molar-refractivity contribution in [2.75, 3.05) is 5.32 Å². The lowest BCUT2D eigenvalue weighted by atomic mass is 10.1. The average Bonchev–Trinajstić information content (AvgIpc) is 2.53. The van der Waals surface area contributed by atoms with E-state index in [4.69, 9.17) is 11.6 Å². The Hall–Kier alpha value is -2.67. The fraction of sp³-hybridized carbons (Fsp3) is 0.0625. The molecule has 0 radical (unpaired) electrons. The predicted octanol–water partition coefficient (Wildman–Crippen LogP) is 4.55. The van der Waals surface area contributed by atoms with Crippen molar-refractivity contribution >= 4 is 34.2 Å². The van der Waals surface area contributed by atoms with E-state index in [1.54, 1.807) is 18.2 Å². The molecule has 0 unspecified atom stereocenters. The molecule has 1 amide bonds. The standard InChI is InChI=1S/C16H9ClF3N3O/c17-14-11(16(18,19)20)8-9-4-3-5-10(13(9)23-14)15(24)22-12-6-1-2-7-21-12/h1-8H,(H,21,22,24). The second kappa shape index (κ2) is 6.09. The molecular weight excluding hydrogens is 343 g/mol. The number of hydrogen-bond acceptors (Lipinski definition) is 3. The number of carbonyl (C=O) groups is 1. The molecule has 0 aliphatic carbocycles. The molecule has 0 aliphatic heterocycles. The lowest BCUT2D eigenvalue weighted by Crippen LogP contribution is -2.14. The number of nitrogens with zero attached hydrogens (tertiary/aromatic N) is 2. The first kappa shape index (κ1) is 16.2. The van der Waals surface area contributed by atoms with Gasteiger partial charge in [0.25, 0.3) is 5.91 Å². The van der Waals surface area contributed by atoms with Gasteiger partial charge in [0.1, 0.15) is 11.0 Å². The van der Waals surface area contributed by atoms with Crippen molar-refractivity contribution in [1.29, 1.82) is 0 Å². The fourth-order valence-electron chi connectivity index (χ4n) is 2.18. The van der Waals surface area contributed by atoms with Gasteiger partial charge in [-0.3, -0.25) is 4.79 Å². The summed E-state index contributed by atoms with van der Waals surface area (Å²) in [6.45, 7) is 0. The van der Waals surface area contributed by atoms with Gasteiger partial charge in [0.2, 0.25) is 0 Å². The van der Waals surface area contributed by atoms with E-state index in [0.717, 1.165) is 6.07 Å². The van der Waals surface area contributed by atoms with Gasteiger partial charge in [0.05, 0.1) is 16.6 Å². The van der Waals surface area contributed by atoms with Gasteiger partial charge in [-0.05, 0) is 24.3 Å². The molecule has 0 saturated heterocycles. The third kappa shape index (κ3) is 3.16. The lowest BCUT2D eigenvalue weighted by molar-refractivity contribution is -0.137. The van der Waals surface area contributed by atoms with Crippen molar-refractivity contribution in [3.05, 3.63) is 64.9 Å². The number of amides is 1. The highest BCUT2D eigenvalue weighted by Crippen LogP contribution is 2.36. The lowest BCUT2D eigenvalue weighted by Gasteiger charge is -2.11. The van der Waals surface area contributed by atoms with E-state index in [2.05, 4.69) is 15.3 Å². The molecule has 0 aliphatic rings. The minimum atomic E-state index is -4.62. The van der Waals surface area contributed by atoms with Crippen molar-refractivity contribution in [2.45, 2.75) is 6.18 Å². The Balaban J connectivity index is 2.06. The zero-order chi connectivity index (χ0) is 17.3. The average molecular weight is 352 g/mol. The summed E-state index contributed by atoms with van der Waals surface area (Å²) in [5, 5.41) is 2.03. The van der Waals surface area contributed by atoms with E-state index in [1.807, 2.05) is 0 Å². The van der Waals surface area contributed by atoms with Gasteiger partial charge in [-0.15, -0.1) is 0 Å². The van der Waals surface area contributed by atoms with Crippen LogP contribution in [0.1, 0.15) is 15.9 Å². The number of carbonyl (C=O) groups excluding carboxylic acids is 1. The Morgan fingerprint density at radius 2 is 1.92 bits per heavy atom. The van der Waals surface area contributed by atoms with Gasteiger partial charge >= 0.3 is 6.18 Å². The zero-order valence-corrected chi connectivity index (χ0v) is 12.7. The van der Waals surface area contributed by atoms with Gasteiger partial charge in [-0.1, -0.05) is 29.8 Å². The monoisotopic (exact) mass is 351 g/mol. The Kier molecular flexibility index (Phi) is 4.11. The second-order valence-corrected chi connectivity index (χ2v) is 5.23. The Bertz CT molecular complexity index is 914. The van der Waals surface area contributed by atoms with E-state index >= 15 is 0 Å². The van der Waals surface area contributed by atoms with Gasteiger partial charge in [0.15, 0.2) is 0 Å². The van der Waals surface area contributed by atoms with Crippen molar-refractivity contribution in [3.8, 4) is 0 Å². The number of aromatic nitrogens is 2. The van der Waals surface area contributed by atoms with E-state index in [1.165, 1.54) is 24.4 Å². The number of fused-ring (bicyclic) bond motifs is 1. The molecule has 0 fully saturated rings. The molecule has 3 rings (SSSR count). The molecule has 0 bridgehead atoms. The number of hydrogen-bond donors (Lipinski definition) is 1. The van der Waals surface area contributed by atoms with Crippen LogP contribution in [0.3, 0.4) is 0 Å². The van der Waals surface area contributed by atoms with E-state index in [-0.39, 0.29) is 16.5 Å². The maximum atomic E-state index is 12.9. The molecule has 2 heterocycles. The minimum absolute atomic E-state index is 0.0870. The van der Waals surface area contributed by atoms with E-state index in [9.17, 15) is 18.0 Å². The molecule has 0 saturated carbocycles. The van der Waals surface area contributed by atoms with Crippen molar-refractivity contribution in [3.63, 3.8) is 0 Å². The predicted molar refractivity (Wildman–Crippen MR) is 83.9 cm³/mol. The van der Waals surface area contributed by atoms with Gasteiger partial charge in [-0.2, -0.15) is 13.2 Å². The van der Waals surface area contributed by atoms with E-state index in [0.29, 0.717) is 5.82 Å². The number of alkyl halides is 3. The summed E-state index contributed by atoms with van der Waals surface area (Å²) in [6, 6.07) is 10.2. The Morgan fingerprint density at radius 1 is 1.12 bits per heavy atom. The number of para-hydroxylation sites is 1. The highest BCUT2D eigenvalue weighted by molar-refractivity contribution is 6.31. The van der Waals surface area contributed by atoms with Crippen LogP contribution in [-0.2, 0) is 6.18 Å². The molecular formula is C16H9ClF3N3O. The normalized spacial score (nSPS) is 11.5. The summed E-state index contributed by atoms with van der Waals surface area (Å²) in [6.07, 6.45) is -3.12. The number of halogens is 4. The topological polar surface area (TPSA) is 54.9 Å². The molecule has 2 aromatic heterocycles. The molecule has 4 nitrogen and oxygen atoms in total. The summed E-state index contributed by atoms with van der Waals surface area (Å²) >= 11 is 5.65. The first-order valence-corrected chi connectivity index (χ1v) is 7.13. The molecule has 0 spiro atoms. The van der Waals surface area contributed by atoms with Crippen LogP contribution in [0.5, 0.6) is 0 Å². The SMILES string of the molecule is O=C(Nc1ccccn1)c1cccc2cc(C(F)(F)F)c(Cl)nc12. The number of nitrogens with one attached hydrogen (secondary N) is 1. The van der Waals surface area contributed by atoms with Crippen molar-refractivity contribution < 1.29 is 18.0 Å². The van der Waals surface area contributed by atoms with Crippen LogP contribution < -0.4 is 5.32 Å². The minimum Gasteiger partial charge on any atom is -0.306 e. The number of benzene rings is 1. The molecule has 1 N–H and O–H groups in total. The molecule has 0 atom stereocenters. The summed E-state index contributed by atoms with van der Waals surface area (Å²) < 4.78 is 38.7. The third-order valence-corrected chi connectivity index (χ3v) is 3.54. The summed E-state index contributed by atoms with van der Waals surface area (Å²) in [5.41, 5.74) is -0.850. The maximum absolute atomic E-state index is 12.9. The highest BCUT2D eigenvalue weighted by Gasteiger charge is 2.34. The number of rotatable bonds is 2. The van der Waals surface area contributed by atoms with E-state index < -0.39 is 22.8 Å². The first-order chi connectivity index (χ1) is 11.4. The Labute approximate surface area is 139 Å². The van der Waals surface area contributed by atoms with Gasteiger partial charge in [0, 0.05) is 11.6 Å². The number of pyridine rings is 2. The largest absolute Gasteiger partial charge is 0.419 e. The number of anilines is 1. The fourth-order valence-corrected chi connectivity index (χ4v) is 2.42. The summed E-state index contributed by atoms with van der Waals surface area (Å²) in [5.74, 6) is -0.222. The molecule has 3 aromatic rings. The van der Waals surface area contributed by atoms with Crippen LogP contribution >= 0.6 is 11.6 Å². The molecule has 1 aromatic carbocycles. The summed E-state index contributed by atoms with van der Waals surface area (Å²) in [4.78, 5) is 20.1. The van der Waals surface area contributed by atoms with Crippen LogP contribution in [0.25, 0.3) is 10.9 Å². The third-order valence-electron chi connectivity index (χ3n) is 3.26. The van der Waals surface area contributed by atoms with Crippen LogP contribution in [0, 0.1) is 0 Å². The van der Waals surface area contributed by atoms with Gasteiger partial charge in [-0.25, -0.2) is 9.97 Å². The van der Waals surface area contributed by atoms with Crippen LogP contribution in [0.15, 0.2) is 48.7 Å². The van der Waals surface area contributed by atoms with Crippen LogP contribution in [-0.4, -0.2) is 15.9 Å². The Morgan fingerprint density at radius 3 is 2.58 bits per heavy atom. The second-order valence-electron chi connectivity index (χ2n) is 4.87. The quantitative estimate of drug-likeness (QED) is 0.689. The maximum Gasteiger partial charge on any atom is 0.419 e. The first-order valence-electron chi connectivity index (χ1n) is 6.75. The zero-order valence-electron chi connectivity index (χ0n) is 11.9.